The number of amides is 1. The number of nitrogens with one attached hydrogen (secondary N) is 1. The van der Waals surface area contributed by atoms with Crippen molar-refractivity contribution in [1.29, 1.82) is 0 Å². The number of pyridine rings is 1. The summed E-state index contributed by atoms with van der Waals surface area (Å²) in [6, 6.07) is 3.36. The zero-order valence-corrected chi connectivity index (χ0v) is 13.4. The number of nitrogens with zero attached hydrogens (tertiary/aromatic N) is 2. The first-order valence-corrected chi connectivity index (χ1v) is 8.92. The lowest BCUT2D eigenvalue weighted by atomic mass is 10.1. The molecule has 0 bridgehead atoms. The van der Waals surface area contributed by atoms with Crippen molar-refractivity contribution in [1.82, 2.24) is 14.6 Å². The third-order valence-electron chi connectivity index (χ3n) is 3.14. The summed E-state index contributed by atoms with van der Waals surface area (Å²) in [5.41, 5.74) is 0.544. The number of sulfonamides is 1. The predicted octanol–water partition coefficient (Wildman–Crippen LogP) is 0.998. The van der Waals surface area contributed by atoms with E-state index in [1.54, 1.807) is 17.0 Å². The maximum atomic E-state index is 12.2. The highest BCUT2D eigenvalue weighted by Crippen LogP contribution is 2.15. The molecule has 0 aliphatic carbocycles. The Labute approximate surface area is 126 Å². The second-order valence-corrected chi connectivity index (χ2v) is 7.42. The summed E-state index contributed by atoms with van der Waals surface area (Å²) in [5, 5.41) is 0. The van der Waals surface area contributed by atoms with Crippen LogP contribution in [0.25, 0.3) is 0 Å². The van der Waals surface area contributed by atoms with Crippen LogP contribution in [0.15, 0.2) is 22.9 Å². The van der Waals surface area contributed by atoms with Gasteiger partial charge in [0.2, 0.25) is 10.0 Å². The van der Waals surface area contributed by atoms with E-state index in [9.17, 15) is 13.2 Å². The molecule has 8 heteroatoms. The first-order valence-electron chi connectivity index (χ1n) is 6.23. The van der Waals surface area contributed by atoms with E-state index in [0.717, 1.165) is 6.26 Å². The summed E-state index contributed by atoms with van der Waals surface area (Å²) in [5.74, 6) is -0.0668. The molecule has 1 aliphatic rings. The van der Waals surface area contributed by atoms with Crippen LogP contribution in [0.1, 0.15) is 23.2 Å². The van der Waals surface area contributed by atoms with Crippen molar-refractivity contribution in [2.75, 3.05) is 19.3 Å². The van der Waals surface area contributed by atoms with Crippen molar-refractivity contribution in [3.05, 3.63) is 28.5 Å². The third kappa shape index (κ3) is 4.26. The fraction of sp³-hybridized carbons (Fsp3) is 0.500. The van der Waals surface area contributed by atoms with Gasteiger partial charge in [0.1, 0.15) is 4.60 Å². The van der Waals surface area contributed by atoms with Gasteiger partial charge in [0.05, 0.1) is 11.8 Å². The summed E-state index contributed by atoms with van der Waals surface area (Å²) in [6.45, 7) is 1.09. The molecule has 1 aliphatic heterocycles. The van der Waals surface area contributed by atoms with Crippen LogP contribution in [0, 0.1) is 0 Å². The second-order valence-electron chi connectivity index (χ2n) is 4.83. The number of rotatable bonds is 3. The molecule has 1 aromatic rings. The monoisotopic (exact) mass is 361 g/mol. The van der Waals surface area contributed by atoms with Crippen LogP contribution in [0.4, 0.5) is 0 Å². The molecule has 0 saturated carbocycles. The lowest BCUT2D eigenvalue weighted by Crippen LogP contribution is -2.46. The number of halogens is 1. The highest BCUT2D eigenvalue weighted by molar-refractivity contribution is 9.10. The Balaban J connectivity index is 1.93. The lowest BCUT2D eigenvalue weighted by Gasteiger charge is -2.32. The van der Waals surface area contributed by atoms with E-state index in [4.69, 9.17) is 0 Å². The normalized spacial score (nSPS) is 17.2. The van der Waals surface area contributed by atoms with Crippen LogP contribution < -0.4 is 4.72 Å². The molecule has 6 nitrogen and oxygen atoms in total. The van der Waals surface area contributed by atoms with E-state index in [0.29, 0.717) is 36.1 Å². The fourth-order valence-corrected chi connectivity index (χ4v) is 3.26. The van der Waals surface area contributed by atoms with Gasteiger partial charge in [0, 0.05) is 25.3 Å². The van der Waals surface area contributed by atoms with Gasteiger partial charge in [-0.1, -0.05) is 0 Å². The molecule has 2 heterocycles. The van der Waals surface area contributed by atoms with Gasteiger partial charge in [-0.05, 0) is 40.9 Å². The first-order chi connectivity index (χ1) is 9.35. The number of piperidine rings is 1. The Morgan fingerprint density at radius 3 is 2.55 bits per heavy atom. The molecule has 110 valence electrons. The Morgan fingerprint density at radius 2 is 2.05 bits per heavy atom. The van der Waals surface area contributed by atoms with Crippen molar-refractivity contribution in [3.8, 4) is 0 Å². The average molecular weight is 362 g/mol. The first kappa shape index (κ1) is 15.4. The van der Waals surface area contributed by atoms with Crippen LogP contribution in [0.3, 0.4) is 0 Å². The molecule has 0 radical (unpaired) electrons. The van der Waals surface area contributed by atoms with Crippen molar-refractivity contribution in [2.45, 2.75) is 18.9 Å². The molecule has 1 fully saturated rings. The predicted molar refractivity (Wildman–Crippen MR) is 78.8 cm³/mol. The SMILES string of the molecule is CS(=O)(=O)NC1CCN(C(=O)c2ccc(Br)nc2)CC1. The third-order valence-corrected chi connectivity index (χ3v) is 4.37. The van der Waals surface area contributed by atoms with Gasteiger partial charge in [0.15, 0.2) is 0 Å². The molecule has 1 saturated heterocycles. The molecular weight excluding hydrogens is 346 g/mol. The Morgan fingerprint density at radius 1 is 1.40 bits per heavy atom. The Bertz CT molecular complexity index is 580. The summed E-state index contributed by atoms with van der Waals surface area (Å²) < 4.78 is 25.6. The molecule has 0 atom stereocenters. The zero-order valence-electron chi connectivity index (χ0n) is 11.0. The molecule has 0 spiro atoms. The molecule has 1 amide bonds. The molecular formula is C12H16BrN3O3S. The van der Waals surface area contributed by atoms with Gasteiger partial charge in [-0.2, -0.15) is 0 Å². The van der Waals surface area contributed by atoms with Gasteiger partial charge in [-0.3, -0.25) is 4.79 Å². The molecule has 20 heavy (non-hydrogen) atoms. The van der Waals surface area contributed by atoms with E-state index in [-0.39, 0.29) is 11.9 Å². The molecule has 2 rings (SSSR count). The molecule has 0 unspecified atom stereocenters. The highest BCUT2D eigenvalue weighted by Gasteiger charge is 2.25. The van der Waals surface area contributed by atoms with Crippen LogP contribution in [-0.2, 0) is 10.0 Å². The maximum Gasteiger partial charge on any atom is 0.255 e. The Hall–Kier alpha value is -0.990. The van der Waals surface area contributed by atoms with Crippen LogP contribution >= 0.6 is 15.9 Å². The number of aromatic nitrogens is 1. The van der Waals surface area contributed by atoms with Crippen LogP contribution in [0.5, 0.6) is 0 Å². The van der Waals surface area contributed by atoms with Gasteiger partial charge >= 0.3 is 0 Å². The molecule has 1 aromatic heterocycles. The van der Waals surface area contributed by atoms with E-state index >= 15 is 0 Å². The second kappa shape index (κ2) is 6.19. The minimum absolute atomic E-state index is 0.0668. The smallest absolute Gasteiger partial charge is 0.255 e. The lowest BCUT2D eigenvalue weighted by molar-refractivity contribution is 0.0711. The largest absolute Gasteiger partial charge is 0.338 e. The van der Waals surface area contributed by atoms with Crippen molar-refractivity contribution < 1.29 is 13.2 Å². The summed E-state index contributed by atoms with van der Waals surface area (Å²) >= 11 is 3.23. The van der Waals surface area contributed by atoms with Crippen molar-refractivity contribution in [3.63, 3.8) is 0 Å². The molecule has 1 N–H and O–H groups in total. The summed E-state index contributed by atoms with van der Waals surface area (Å²) in [4.78, 5) is 18.0. The van der Waals surface area contributed by atoms with E-state index < -0.39 is 10.0 Å². The number of hydrogen-bond acceptors (Lipinski definition) is 4. The number of carbonyl (C=O) groups excluding carboxylic acids is 1. The standard InChI is InChI=1S/C12H16BrN3O3S/c1-20(18,19)15-10-4-6-16(7-5-10)12(17)9-2-3-11(13)14-8-9/h2-3,8,10,15H,4-7H2,1H3. The fourth-order valence-electron chi connectivity index (χ4n) is 2.19. The number of likely N-dealkylation sites (tertiary alicyclic amines) is 1. The number of carbonyl (C=O) groups is 1. The number of hydrogen-bond donors (Lipinski definition) is 1. The topological polar surface area (TPSA) is 79.4 Å². The Kier molecular flexibility index (Phi) is 4.77. The maximum absolute atomic E-state index is 12.2. The van der Waals surface area contributed by atoms with Gasteiger partial charge < -0.3 is 4.90 Å². The minimum Gasteiger partial charge on any atom is -0.338 e. The van der Waals surface area contributed by atoms with E-state index in [1.807, 2.05) is 0 Å². The van der Waals surface area contributed by atoms with Crippen molar-refractivity contribution in [2.24, 2.45) is 0 Å². The van der Waals surface area contributed by atoms with E-state index in [2.05, 4.69) is 25.6 Å². The summed E-state index contributed by atoms with van der Waals surface area (Å²) in [7, 11) is -3.19. The van der Waals surface area contributed by atoms with Crippen LogP contribution in [-0.4, -0.2) is 49.6 Å². The van der Waals surface area contributed by atoms with Gasteiger partial charge in [0.25, 0.3) is 5.91 Å². The van der Waals surface area contributed by atoms with Gasteiger partial charge in [-0.15, -0.1) is 0 Å². The highest BCUT2D eigenvalue weighted by atomic mass is 79.9. The quantitative estimate of drug-likeness (QED) is 0.814. The minimum atomic E-state index is -3.19. The molecule has 0 aromatic carbocycles. The average Bonchev–Trinajstić information content (AvgIpc) is 2.38. The zero-order chi connectivity index (χ0) is 14.8. The van der Waals surface area contributed by atoms with Crippen molar-refractivity contribution >= 4 is 31.9 Å². The van der Waals surface area contributed by atoms with E-state index in [1.165, 1.54) is 6.20 Å². The van der Waals surface area contributed by atoms with Gasteiger partial charge in [-0.25, -0.2) is 18.1 Å². The summed E-state index contributed by atoms with van der Waals surface area (Å²) in [6.07, 6.45) is 3.94. The van der Waals surface area contributed by atoms with Crippen LogP contribution in [0.2, 0.25) is 0 Å².